The molecule has 0 aliphatic carbocycles. The third-order valence-electron chi connectivity index (χ3n) is 3.09. The standard InChI is InChI=1S/C13H21ClO3Si/c1-11(14)13-7-5-12(6-8-13)9-10-18(15-2,16-3)17-4/h5-8,11H,9-10H2,1-4H3. The van der Waals surface area contributed by atoms with E-state index in [2.05, 4.69) is 24.3 Å². The molecule has 0 amide bonds. The number of aryl methyl sites for hydroxylation is 1. The van der Waals surface area contributed by atoms with Crippen LogP contribution >= 0.6 is 11.6 Å². The highest BCUT2D eigenvalue weighted by atomic mass is 35.5. The van der Waals surface area contributed by atoms with Gasteiger partial charge in [-0.1, -0.05) is 24.3 Å². The van der Waals surface area contributed by atoms with Crippen molar-refractivity contribution in [2.45, 2.75) is 24.8 Å². The Morgan fingerprint density at radius 1 is 1.06 bits per heavy atom. The fourth-order valence-corrected chi connectivity index (χ4v) is 3.66. The average Bonchev–Trinajstić information content (AvgIpc) is 2.41. The van der Waals surface area contributed by atoms with Gasteiger partial charge in [0.2, 0.25) is 0 Å². The minimum Gasteiger partial charge on any atom is -0.377 e. The Bertz CT molecular complexity index is 341. The molecule has 0 N–H and O–H groups in total. The summed E-state index contributed by atoms with van der Waals surface area (Å²) in [5, 5.41) is 0.0458. The van der Waals surface area contributed by atoms with E-state index in [0.29, 0.717) is 0 Å². The van der Waals surface area contributed by atoms with Crippen molar-refractivity contribution in [3.8, 4) is 0 Å². The number of hydrogen-bond acceptors (Lipinski definition) is 3. The largest absolute Gasteiger partial charge is 0.500 e. The summed E-state index contributed by atoms with van der Waals surface area (Å²) in [6.45, 7) is 1.97. The molecule has 0 aliphatic rings. The lowest BCUT2D eigenvalue weighted by atomic mass is 10.1. The van der Waals surface area contributed by atoms with E-state index in [1.54, 1.807) is 21.3 Å². The maximum absolute atomic E-state index is 6.02. The highest BCUT2D eigenvalue weighted by molar-refractivity contribution is 6.60. The van der Waals surface area contributed by atoms with Crippen molar-refractivity contribution in [3.05, 3.63) is 35.4 Å². The van der Waals surface area contributed by atoms with Crippen molar-refractivity contribution < 1.29 is 13.3 Å². The Balaban J connectivity index is 2.62. The highest BCUT2D eigenvalue weighted by Crippen LogP contribution is 2.21. The first-order valence-electron chi connectivity index (χ1n) is 5.95. The SMILES string of the molecule is CO[Si](CCc1ccc(C(C)Cl)cc1)(OC)OC. The van der Waals surface area contributed by atoms with Crippen molar-refractivity contribution in [2.75, 3.05) is 21.3 Å². The van der Waals surface area contributed by atoms with Gasteiger partial charge in [0.15, 0.2) is 0 Å². The summed E-state index contributed by atoms with van der Waals surface area (Å²) in [7, 11) is 2.45. The molecule has 0 saturated carbocycles. The molecule has 1 aromatic rings. The predicted molar refractivity (Wildman–Crippen MR) is 76.0 cm³/mol. The first kappa shape index (κ1) is 15.7. The molecular weight excluding hydrogens is 268 g/mol. The van der Waals surface area contributed by atoms with E-state index < -0.39 is 8.80 Å². The lowest BCUT2D eigenvalue weighted by Gasteiger charge is -2.24. The number of halogens is 1. The van der Waals surface area contributed by atoms with Crippen molar-refractivity contribution >= 4 is 20.4 Å². The summed E-state index contributed by atoms with van der Waals surface area (Å²) in [5.41, 5.74) is 2.37. The smallest absolute Gasteiger partial charge is 0.377 e. The number of benzene rings is 1. The molecule has 1 unspecified atom stereocenters. The van der Waals surface area contributed by atoms with Crippen LogP contribution < -0.4 is 0 Å². The maximum atomic E-state index is 6.02. The molecule has 102 valence electrons. The molecule has 0 radical (unpaired) electrons. The van der Waals surface area contributed by atoms with Crippen LogP contribution in [0.4, 0.5) is 0 Å². The third kappa shape index (κ3) is 4.07. The summed E-state index contributed by atoms with van der Waals surface area (Å²) in [4.78, 5) is 0. The molecule has 5 heteroatoms. The summed E-state index contributed by atoms with van der Waals surface area (Å²) in [6.07, 6.45) is 0.874. The predicted octanol–water partition coefficient (Wildman–Crippen LogP) is 3.41. The molecule has 1 rings (SSSR count). The fraction of sp³-hybridized carbons (Fsp3) is 0.538. The molecule has 1 aromatic carbocycles. The Morgan fingerprint density at radius 3 is 1.94 bits per heavy atom. The normalized spacial score (nSPS) is 13.6. The van der Waals surface area contributed by atoms with Gasteiger partial charge in [0.1, 0.15) is 0 Å². The second-order valence-electron chi connectivity index (χ2n) is 4.15. The van der Waals surface area contributed by atoms with Crippen LogP contribution in [-0.2, 0) is 19.7 Å². The Morgan fingerprint density at radius 2 is 1.56 bits per heavy atom. The average molecular weight is 289 g/mol. The van der Waals surface area contributed by atoms with Crippen LogP contribution in [0, 0.1) is 0 Å². The maximum Gasteiger partial charge on any atom is 0.500 e. The molecule has 0 saturated heterocycles. The second kappa shape index (κ2) is 7.26. The van der Waals surface area contributed by atoms with Gasteiger partial charge in [-0.3, -0.25) is 0 Å². The zero-order chi connectivity index (χ0) is 13.6. The Kier molecular flexibility index (Phi) is 6.32. The van der Waals surface area contributed by atoms with Crippen LogP contribution in [0.2, 0.25) is 6.04 Å². The van der Waals surface area contributed by atoms with Crippen LogP contribution in [0.15, 0.2) is 24.3 Å². The molecule has 0 spiro atoms. The molecule has 0 bridgehead atoms. The van der Waals surface area contributed by atoms with E-state index in [-0.39, 0.29) is 5.38 Å². The molecule has 0 aliphatic heterocycles. The Labute approximate surface area is 115 Å². The third-order valence-corrected chi connectivity index (χ3v) is 6.07. The summed E-state index contributed by atoms with van der Waals surface area (Å²) < 4.78 is 16.2. The number of alkyl halides is 1. The molecular formula is C13H21ClO3Si. The highest BCUT2D eigenvalue weighted by Gasteiger charge is 2.37. The summed E-state index contributed by atoms with van der Waals surface area (Å²) in [5.74, 6) is 0. The zero-order valence-corrected chi connectivity index (χ0v) is 13.2. The van der Waals surface area contributed by atoms with Gasteiger partial charge in [-0.05, 0) is 24.5 Å². The molecule has 3 nitrogen and oxygen atoms in total. The van der Waals surface area contributed by atoms with Crippen molar-refractivity contribution in [1.82, 2.24) is 0 Å². The minimum atomic E-state index is -2.46. The monoisotopic (exact) mass is 288 g/mol. The van der Waals surface area contributed by atoms with Gasteiger partial charge in [-0.2, -0.15) is 0 Å². The van der Waals surface area contributed by atoms with Crippen molar-refractivity contribution in [3.63, 3.8) is 0 Å². The molecule has 0 aromatic heterocycles. The molecule has 1 atom stereocenters. The van der Waals surface area contributed by atoms with E-state index in [1.165, 1.54) is 5.56 Å². The first-order chi connectivity index (χ1) is 8.56. The topological polar surface area (TPSA) is 27.7 Å². The van der Waals surface area contributed by atoms with Gasteiger partial charge in [-0.15, -0.1) is 11.6 Å². The van der Waals surface area contributed by atoms with Crippen molar-refractivity contribution in [2.24, 2.45) is 0 Å². The fourth-order valence-electron chi connectivity index (χ4n) is 1.80. The molecule has 0 heterocycles. The van der Waals surface area contributed by atoms with Gasteiger partial charge in [0.05, 0.1) is 5.38 Å². The van der Waals surface area contributed by atoms with E-state index in [1.807, 2.05) is 6.92 Å². The van der Waals surface area contributed by atoms with E-state index in [0.717, 1.165) is 18.0 Å². The summed E-state index contributed by atoms with van der Waals surface area (Å²) in [6, 6.07) is 9.07. The zero-order valence-electron chi connectivity index (χ0n) is 11.4. The molecule has 18 heavy (non-hydrogen) atoms. The first-order valence-corrected chi connectivity index (χ1v) is 8.32. The lowest BCUT2D eigenvalue weighted by molar-refractivity contribution is 0.123. The number of rotatable bonds is 7. The quantitative estimate of drug-likeness (QED) is 0.568. The van der Waals surface area contributed by atoms with Crippen LogP contribution in [0.5, 0.6) is 0 Å². The van der Waals surface area contributed by atoms with Gasteiger partial charge in [-0.25, -0.2) is 0 Å². The second-order valence-corrected chi connectivity index (χ2v) is 7.90. The minimum absolute atomic E-state index is 0.0458. The van der Waals surface area contributed by atoms with E-state index >= 15 is 0 Å². The van der Waals surface area contributed by atoms with Gasteiger partial charge >= 0.3 is 8.80 Å². The van der Waals surface area contributed by atoms with E-state index in [4.69, 9.17) is 24.9 Å². The molecule has 0 fully saturated rings. The van der Waals surface area contributed by atoms with Crippen LogP contribution in [0.3, 0.4) is 0 Å². The van der Waals surface area contributed by atoms with Crippen LogP contribution in [0.1, 0.15) is 23.4 Å². The van der Waals surface area contributed by atoms with Gasteiger partial charge < -0.3 is 13.3 Å². The lowest BCUT2D eigenvalue weighted by Crippen LogP contribution is -2.43. The number of hydrogen-bond donors (Lipinski definition) is 0. The Hall–Kier alpha value is -0.393. The van der Waals surface area contributed by atoms with Crippen LogP contribution in [0.25, 0.3) is 0 Å². The van der Waals surface area contributed by atoms with Crippen LogP contribution in [-0.4, -0.2) is 30.1 Å². The van der Waals surface area contributed by atoms with Gasteiger partial charge in [0, 0.05) is 27.4 Å². The van der Waals surface area contributed by atoms with Gasteiger partial charge in [0.25, 0.3) is 0 Å². The van der Waals surface area contributed by atoms with Crippen molar-refractivity contribution in [1.29, 1.82) is 0 Å². The van der Waals surface area contributed by atoms with E-state index in [9.17, 15) is 0 Å². The summed E-state index contributed by atoms with van der Waals surface area (Å²) >= 11 is 6.02.